The SMILES string of the molecule is CN=C(NCC(Nc1ccccc1)C(C)C)NC1CC2CCC1O2. The Balaban J connectivity index is 1.51. The molecule has 2 fully saturated rings. The van der Waals surface area contributed by atoms with Crippen molar-refractivity contribution in [1.29, 1.82) is 0 Å². The van der Waals surface area contributed by atoms with Crippen molar-refractivity contribution in [3.63, 3.8) is 0 Å². The molecule has 3 rings (SSSR count). The Morgan fingerprint density at radius 2 is 2.04 bits per heavy atom. The smallest absolute Gasteiger partial charge is 0.191 e. The molecule has 5 nitrogen and oxygen atoms in total. The van der Waals surface area contributed by atoms with Gasteiger partial charge >= 0.3 is 0 Å². The standard InChI is InChI=1S/C19H30N4O/c1-13(2)17(22-14-7-5-4-6-8-14)12-21-19(20-3)23-16-11-15-9-10-18(16)24-15/h4-8,13,15-18,22H,9-12H2,1-3H3,(H2,20,21,23). The van der Waals surface area contributed by atoms with Crippen LogP contribution in [0.25, 0.3) is 0 Å². The second kappa shape index (κ2) is 7.88. The molecule has 0 aliphatic carbocycles. The number of ether oxygens (including phenoxy) is 1. The van der Waals surface area contributed by atoms with E-state index in [-0.39, 0.29) is 0 Å². The van der Waals surface area contributed by atoms with E-state index in [2.05, 4.69) is 59.1 Å². The summed E-state index contributed by atoms with van der Waals surface area (Å²) in [6.45, 7) is 5.30. The summed E-state index contributed by atoms with van der Waals surface area (Å²) in [5.74, 6) is 1.39. The predicted molar refractivity (Wildman–Crippen MR) is 99.5 cm³/mol. The van der Waals surface area contributed by atoms with Crippen LogP contribution in [0.15, 0.2) is 35.3 Å². The summed E-state index contributed by atoms with van der Waals surface area (Å²) in [6, 6.07) is 11.1. The van der Waals surface area contributed by atoms with Gasteiger partial charge in [0.1, 0.15) is 0 Å². The minimum absolute atomic E-state index is 0.335. The molecule has 2 saturated heterocycles. The zero-order valence-electron chi connectivity index (χ0n) is 15.0. The molecule has 0 aromatic heterocycles. The van der Waals surface area contributed by atoms with E-state index in [1.807, 2.05) is 13.1 Å². The molecule has 2 aliphatic rings. The van der Waals surface area contributed by atoms with E-state index in [4.69, 9.17) is 4.74 Å². The molecule has 0 spiro atoms. The quantitative estimate of drug-likeness (QED) is 0.554. The highest BCUT2D eigenvalue weighted by atomic mass is 16.5. The molecule has 0 saturated carbocycles. The van der Waals surface area contributed by atoms with Crippen molar-refractivity contribution in [1.82, 2.24) is 10.6 Å². The van der Waals surface area contributed by atoms with Crippen molar-refractivity contribution in [3.05, 3.63) is 30.3 Å². The first-order valence-corrected chi connectivity index (χ1v) is 9.10. The van der Waals surface area contributed by atoms with Gasteiger partial charge in [0.25, 0.3) is 0 Å². The Labute approximate surface area is 145 Å². The van der Waals surface area contributed by atoms with Gasteiger partial charge in [0, 0.05) is 25.3 Å². The fourth-order valence-electron chi connectivity index (χ4n) is 3.57. The molecular formula is C19H30N4O. The summed E-state index contributed by atoms with van der Waals surface area (Å²) < 4.78 is 5.92. The third-order valence-electron chi connectivity index (χ3n) is 5.07. The first-order chi connectivity index (χ1) is 11.7. The lowest BCUT2D eigenvalue weighted by Gasteiger charge is -2.27. The van der Waals surface area contributed by atoms with E-state index in [0.717, 1.165) is 24.6 Å². The summed E-state index contributed by atoms with van der Waals surface area (Å²) in [5.41, 5.74) is 1.16. The van der Waals surface area contributed by atoms with Crippen LogP contribution < -0.4 is 16.0 Å². The van der Waals surface area contributed by atoms with Crippen LogP contribution in [0.2, 0.25) is 0 Å². The van der Waals surface area contributed by atoms with Crippen LogP contribution >= 0.6 is 0 Å². The molecular weight excluding hydrogens is 300 g/mol. The zero-order valence-corrected chi connectivity index (χ0v) is 15.0. The fourth-order valence-corrected chi connectivity index (χ4v) is 3.57. The van der Waals surface area contributed by atoms with Gasteiger partial charge in [-0.25, -0.2) is 0 Å². The fraction of sp³-hybridized carbons (Fsp3) is 0.632. The minimum Gasteiger partial charge on any atom is -0.380 e. The van der Waals surface area contributed by atoms with Crippen LogP contribution in [0.4, 0.5) is 5.69 Å². The number of aliphatic imine (C=N–C) groups is 1. The van der Waals surface area contributed by atoms with Gasteiger partial charge in [0.15, 0.2) is 5.96 Å². The number of fused-ring (bicyclic) bond motifs is 2. The van der Waals surface area contributed by atoms with Gasteiger partial charge in [-0.15, -0.1) is 0 Å². The van der Waals surface area contributed by atoms with Gasteiger partial charge in [-0.1, -0.05) is 32.0 Å². The molecule has 2 aliphatic heterocycles. The van der Waals surface area contributed by atoms with E-state index in [0.29, 0.717) is 30.2 Å². The number of benzene rings is 1. The van der Waals surface area contributed by atoms with Crippen LogP contribution in [0.3, 0.4) is 0 Å². The molecule has 4 atom stereocenters. The van der Waals surface area contributed by atoms with E-state index in [9.17, 15) is 0 Å². The van der Waals surface area contributed by atoms with Crippen molar-refractivity contribution in [2.75, 3.05) is 18.9 Å². The minimum atomic E-state index is 0.335. The van der Waals surface area contributed by atoms with E-state index < -0.39 is 0 Å². The van der Waals surface area contributed by atoms with Gasteiger partial charge in [-0.05, 0) is 37.3 Å². The molecule has 5 heteroatoms. The third kappa shape index (κ3) is 4.20. The van der Waals surface area contributed by atoms with Crippen molar-refractivity contribution < 1.29 is 4.74 Å². The third-order valence-corrected chi connectivity index (χ3v) is 5.07. The Kier molecular flexibility index (Phi) is 5.61. The maximum Gasteiger partial charge on any atom is 0.191 e. The highest BCUT2D eigenvalue weighted by Crippen LogP contribution is 2.34. The van der Waals surface area contributed by atoms with Crippen molar-refractivity contribution in [3.8, 4) is 0 Å². The Morgan fingerprint density at radius 3 is 2.62 bits per heavy atom. The number of hydrogen-bond donors (Lipinski definition) is 3. The van der Waals surface area contributed by atoms with Crippen LogP contribution in [-0.2, 0) is 4.74 Å². The van der Waals surface area contributed by atoms with Gasteiger partial charge in [0.2, 0.25) is 0 Å². The molecule has 1 aromatic rings. The highest BCUT2D eigenvalue weighted by molar-refractivity contribution is 5.80. The summed E-state index contributed by atoms with van der Waals surface area (Å²) in [4.78, 5) is 4.38. The molecule has 1 aromatic carbocycles. The average Bonchev–Trinajstić information content (AvgIpc) is 3.20. The van der Waals surface area contributed by atoms with E-state index >= 15 is 0 Å². The monoisotopic (exact) mass is 330 g/mol. The number of guanidine groups is 1. The maximum atomic E-state index is 5.92. The summed E-state index contributed by atoms with van der Waals surface area (Å²) >= 11 is 0. The lowest BCUT2D eigenvalue weighted by atomic mass is 9.96. The normalized spacial score (nSPS) is 27.3. The van der Waals surface area contributed by atoms with E-state index in [1.165, 1.54) is 12.8 Å². The second-order valence-corrected chi connectivity index (χ2v) is 7.17. The van der Waals surface area contributed by atoms with Gasteiger partial charge in [-0.2, -0.15) is 0 Å². The molecule has 0 amide bonds. The summed E-state index contributed by atoms with van der Waals surface area (Å²) in [5, 5.41) is 10.6. The topological polar surface area (TPSA) is 57.7 Å². The summed E-state index contributed by atoms with van der Waals surface area (Å²) in [7, 11) is 1.83. The predicted octanol–water partition coefficient (Wildman–Crippen LogP) is 2.61. The van der Waals surface area contributed by atoms with Crippen molar-refractivity contribution in [2.24, 2.45) is 10.9 Å². The average molecular weight is 330 g/mol. The second-order valence-electron chi connectivity index (χ2n) is 7.17. The van der Waals surface area contributed by atoms with Crippen LogP contribution in [0.5, 0.6) is 0 Å². The molecule has 2 heterocycles. The zero-order chi connectivity index (χ0) is 16.9. The number of nitrogens with one attached hydrogen (secondary N) is 3. The number of hydrogen-bond acceptors (Lipinski definition) is 3. The Morgan fingerprint density at radius 1 is 1.25 bits per heavy atom. The van der Waals surface area contributed by atoms with Crippen LogP contribution in [0.1, 0.15) is 33.1 Å². The van der Waals surface area contributed by atoms with Crippen LogP contribution in [-0.4, -0.2) is 43.8 Å². The number of para-hydroxylation sites is 1. The number of nitrogens with zero attached hydrogens (tertiary/aromatic N) is 1. The lowest BCUT2D eigenvalue weighted by molar-refractivity contribution is 0.0992. The van der Waals surface area contributed by atoms with Crippen LogP contribution in [0, 0.1) is 5.92 Å². The maximum absolute atomic E-state index is 5.92. The summed E-state index contributed by atoms with van der Waals surface area (Å²) in [6.07, 6.45) is 4.29. The molecule has 0 radical (unpaired) electrons. The lowest BCUT2D eigenvalue weighted by Crippen LogP contribution is -2.50. The van der Waals surface area contributed by atoms with Gasteiger partial charge < -0.3 is 20.7 Å². The Bertz CT molecular complexity index is 546. The number of rotatable bonds is 6. The molecule has 2 bridgehead atoms. The van der Waals surface area contributed by atoms with Gasteiger partial charge in [-0.3, -0.25) is 4.99 Å². The first-order valence-electron chi connectivity index (χ1n) is 9.10. The molecule has 24 heavy (non-hydrogen) atoms. The van der Waals surface area contributed by atoms with Crippen molar-refractivity contribution >= 4 is 11.6 Å². The van der Waals surface area contributed by atoms with Gasteiger partial charge in [0.05, 0.1) is 18.2 Å². The molecule has 4 unspecified atom stereocenters. The molecule has 132 valence electrons. The van der Waals surface area contributed by atoms with E-state index in [1.54, 1.807) is 0 Å². The highest BCUT2D eigenvalue weighted by Gasteiger charge is 2.41. The number of anilines is 1. The largest absolute Gasteiger partial charge is 0.380 e. The molecule has 3 N–H and O–H groups in total. The van der Waals surface area contributed by atoms with Crippen molar-refractivity contribution in [2.45, 2.75) is 57.4 Å². The Hall–Kier alpha value is -1.75. The first kappa shape index (κ1) is 17.1.